The maximum absolute atomic E-state index is 12.5. The molecule has 0 saturated heterocycles. The van der Waals surface area contributed by atoms with E-state index in [4.69, 9.17) is 5.73 Å². The first kappa shape index (κ1) is 20.8. The Balaban J connectivity index is 2.04. The van der Waals surface area contributed by atoms with Crippen molar-refractivity contribution in [3.63, 3.8) is 0 Å². The van der Waals surface area contributed by atoms with E-state index in [0.717, 1.165) is 22.7 Å². The summed E-state index contributed by atoms with van der Waals surface area (Å²) in [4.78, 5) is 23.6. The van der Waals surface area contributed by atoms with Crippen molar-refractivity contribution < 1.29 is 9.59 Å². The van der Waals surface area contributed by atoms with E-state index in [0.29, 0.717) is 19.5 Å². The lowest BCUT2D eigenvalue weighted by molar-refractivity contribution is -0.123. The lowest BCUT2D eigenvalue weighted by Gasteiger charge is -2.17. The van der Waals surface area contributed by atoms with Crippen molar-refractivity contribution >= 4 is 23.7 Å². The highest BCUT2D eigenvalue weighted by Crippen LogP contribution is 2.15. The number of hydrogen-bond acceptors (Lipinski definition) is 4. The van der Waals surface area contributed by atoms with Gasteiger partial charge in [0.05, 0.1) is 12.2 Å². The van der Waals surface area contributed by atoms with Crippen molar-refractivity contribution in [2.75, 3.05) is 12.0 Å². The number of carbonyl (C=O) groups is 2. The molecule has 146 valence electrons. The third kappa shape index (κ3) is 6.02. The van der Waals surface area contributed by atoms with E-state index in [1.807, 2.05) is 43.0 Å². The molecule has 2 rings (SSSR count). The summed E-state index contributed by atoms with van der Waals surface area (Å²) in [6.07, 6.45) is 2.48. The van der Waals surface area contributed by atoms with Crippen LogP contribution >= 0.6 is 11.8 Å². The van der Waals surface area contributed by atoms with Gasteiger partial charge < -0.3 is 16.4 Å². The molecule has 0 bridgehead atoms. The van der Waals surface area contributed by atoms with E-state index >= 15 is 0 Å². The van der Waals surface area contributed by atoms with Gasteiger partial charge in [-0.3, -0.25) is 9.48 Å². The van der Waals surface area contributed by atoms with E-state index in [-0.39, 0.29) is 5.91 Å². The third-order valence-corrected chi connectivity index (χ3v) is 5.03. The third-order valence-electron chi connectivity index (χ3n) is 4.39. The van der Waals surface area contributed by atoms with Gasteiger partial charge in [-0.15, -0.1) is 0 Å². The Morgan fingerprint density at radius 1 is 1.26 bits per heavy atom. The number of carbonyl (C=O) groups excluding carboxylic acids is 2. The molecule has 0 saturated carbocycles. The largest absolute Gasteiger partial charge is 0.352 e. The summed E-state index contributed by atoms with van der Waals surface area (Å²) in [6.45, 7) is 4.97. The summed E-state index contributed by atoms with van der Waals surface area (Å²) in [7, 11) is 0. The number of nitrogens with zero attached hydrogens (tertiary/aromatic N) is 2. The lowest BCUT2D eigenvalue weighted by atomic mass is 10.1. The van der Waals surface area contributed by atoms with Crippen LogP contribution < -0.4 is 16.4 Å². The number of thioether (sulfide) groups is 1. The summed E-state index contributed by atoms with van der Waals surface area (Å²) in [6, 6.07) is 8.78. The maximum atomic E-state index is 12.5. The monoisotopic (exact) mass is 389 g/mol. The molecule has 1 aromatic carbocycles. The Labute approximate surface area is 164 Å². The number of primary amides is 1. The second kappa shape index (κ2) is 10.0. The topological polar surface area (TPSA) is 102 Å². The van der Waals surface area contributed by atoms with Crippen molar-refractivity contribution in [2.24, 2.45) is 5.73 Å². The Hall–Kier alpha value is -2.48. The minimum absolute atomic E-state index is 0.238. The van der Waals surface area contributed by atoms with Gasteiger partial charge in [-0.25, -0.2) is 4.79 Å². The molecular formula is C19H27N5O2S. The highest BCUT2D eigenvalue weighted by atomic mass is 32.2. The van der Waals surface area contributed by atoms with Gasteiger partial charge >= 0.3 is 6.03 Å². The van der Waals surface area contributed by atoms with Crippen molar-refractivity contribution in [3.8, 4) is 0 Å². The van der Waals surface area contributed by atoms with Gasteiger partial charge in [0.15, 0.2) is 0 Å². The second-order valence-electron chi connectivity index (χ2n) is 6.35. The van der Waals surface area contributed by atoms with E-state index in [1.165, 1.54) is 5.56 Å². The molecule has 0 fully saturated rings. The Morgan fingerprint density at radius 2 is 1.96 bits per heavy atom. The van der Waals surface area contributed by atoms with Crippen LogP contribution in [0.5, 0.6) is 0 Å². The van der Waals surface area contributed by atoms with Crippen molar-refractivity contribution in [1.29, 1.82) is 0 Å². The fourth-order valence-corrected chi connectivity index (χ4v) is 3.35. The number of aryl methyl sites for hydroxylation is 1. The van der Waals surface area contributed by atoms with Crippen LogP contribution in [0.1, 0.15) is 28.9 Å². The number of nitrogens with one attached hydrogen (secondary N) is 2. The quantitative estimate of drug-likeness (QED) is 0.610. The van der Waals surface area contributed by atoms with Gasteiger partial charge in [0.1, 0.15) is 6.04 Å². The molecule has 27 heavy (non-hydrogen) atoms. The van der Waals surface area contributed by atoms with Gasteiger partial charge in [-0.05, 0) is 37.8 Å². The van der Waals surface area contributed by atoms with Gasteiger partial charge in [-0.1, -0.05) is 30.3 Å². The van der Waals surface area contributed by atoms with Crippen LogP contribution in [0.2, 0.25) is 0 Å². The van der Waals surface area contributed by atoms with Crippen molar-refractivity contribution in [1.82, 2.24) is 20.4 Å². The molecule has 0 aliphatic rings. The summed E-state index contributed by atoms with van der Waals surface area (Å²) in [5, 5.41) is 10.0. The highest BCUT2D eigenvalue weighted by Gasteiger charge is 2.20. The first-order chi connectivity index (χ1) is 12.9. The molecular weight excluding hydrogens is 362 g/mol. The van der Waals surface area contributed by atoms with Gasteiger partial charge in [0.2, 0.25) is 5.91 Å². The zero-order valence-electron chi connectivity index (χ0n) is 16.0. The number of nitrogens with two attached hydrogens (primary N) is 1. The predicted octanol–water partition coefficient (Wildman–Crippen LogP) is 1.95. The number of benzene rings is 1. The molecule has 1 heterocycles. The van der Waals surface area contributed by atoms with Gasteiger partial charge in [-0.2, -0.15) is 16.9 Å². The van der Waals surface area contributed by atoms with Crippen molar-refractivity contribution in [3.05, 3.63) is 52.8 Å². The van der Waals surface area contributed by atoms with Crippen LogP contribution in [0.15, 0.2) is 30.3 Å². The zero-order chi connectivity index (χ0) is 19.8. The maximum Gasteiger partial charge on any atom is 0.312 e. The standard InChI is InChI=1S/C19H27N5O2S/c1-13-16(11-21-18(25)17(9-10-27-3)22-19(20)26)14(2)24(23-13)12-15-7-5-4-6-8-15/h4-8,17H,9-12H2,1-3H3,(H,21,25)(H3,20,22,26). The molecule has 1 atom stereocenters. The highest BCUT2D eigenvalue weighted by molar-refractivity contribution is 7.98. The molecule has 4 N–H and O–H groups in total. The molecule has 0 spiro atoms. The predicted molar refractivity (Wildman–Crippen MR) is 109 cm³/mol. The Kier molecular flexibility index (Phi) is 7.72. The number of hydrogen-bond donors (Lipinski definition) is 3. The summed E-state index contributed by atoms with van der Waals surface area (Å²) in [5.41, 5.74) is 9.24. The number of urea groups is 1. The first-order valence-corrected chi connectivity index (χ1v) is 10.2. The molecule has 3 amide bonds. The zero-order valence-corrected chi connectivity index (χ0v) is 16.8. The molecule has 7 nitrogen and oxygen atoms in total. The van der Waals surface area contributed by atoms with Crippen LogP contribution in [-0.2, 0) is 17.9 Å². The minimum atomic E-state index is -0.695. The summed E-state index contributed by atoms with van der Waals surface area (Å²) < 4.78 is 1.94. The summed E-state index contributed by atoms with van der Waals surface area (Å²) in [5.74, 6) is 0.517. The molecule has 2 aromatic rings. The lowest BCUT2D eigenvalue weighted by Crippen LogP contribution is -2.48. The SMILES string of the molecule is CSCCC(NC(N)=O)C(=O)NCc1c(C)nn(Cc2ccccc2)c1C. The number of aromatic nitrogens is 2. The van der Waals surface area contributed by atoms with Crippen LogP contribution in [0, 0.1) is 13.8 Å². The average molecular weight is 390 g/mol. The fraction of sp³-hybridized carbons (Fsp3) is 0.421. The number of rotatable bonds is 9. The molecule has 1 unspecified atom stereocenters. The average Bonchev–Trinajstić information content (AvgIpc) is 2.90. The fourth-order valence-electron chi connectivity index (χ4n) is 2.88. The number of amides is 3. The van der Waals surface area contributed by atoms with Crippen LogP contribution in [0.4, 0.5) is 4.79 Å². The van der Waals surface area contributed by atoms with Gasteiger partial charge in [0, 0.05) is 17.8 Å². The molecule has 0 radical (unpaired) electrons. The Morgan fingerprint density at radius 3 is 2.59 bits per heavy atom. The van der Waals surface area contributed by atoms with E-state index in [9.17, 15) is 9.59 Å². The first-order valence-electron chi connectivity index (χ1n) is 8.81. The normalized spacial score (nSPS) is 11.8. The van der Waals surface area contributed by atoms with Crippen LogP contribution in [-0.4, -0.2) is 39.8 Å². The summed E-state index contributed by atoms with van der Waals surface area (Å²) >= 11 is 1.61. The van der Waals surface area contributed by atoms with E-state index < -0.39 is 12.1 Å². The second-order valence-corrected chi connectivity index (χ2v) is 7.34. The smallest absolute Gasteiger partial charge is 0.312 e. The van der Waals surface area contributed by atoms with Crippen LogP contribution in [0.3, 0.4) is 0 Å². The van der Waals surface area contributed by atoms with E-state index in [1.54, 1.807) is 11.8 Å². The molecule has 0 aliphatic carbocycles. The van der Waals surface area contributed by atoms with Crippen LogP contribution in [0.25, 0.3) is 0 Å². The molecule has 0 aliphatic heterocycles. The Bertz CT molecular complexity index is 776. The minimum Gasteiger partial charge on any atom is -0.352 e. The molecule has 1 aromatic heterocycles. The molecule has 8 heteroatoms. The van der Waals surface area contributed by atoms with E-state index in [2.05, 4.69) is 27.9 Å². The van der Waals surface area contributed by atoms with Gasteiger partial charge in [0.25, 0.3) is 0 Å². The van der Waals surface area contributed by atoms with Crippen molar-refractivity contribution in [2.45, 2.75) is 39.4 Å².